The van der Waals surface area contributed by atoms with Crippen molar-refractivity contribution in [3.8, 4) is 11.1 Å². The average Bonchev–Trinajstić information content (AvgIpc) is 2.65. The molecular weight excluding hydrogens is 317 g/mol. The largest absolute Gasteiger partial charge is 0.377 e. The number of benzene rings is 2. The number of halogens is 1. The Morgan fingerprint density at radius 1 is 0.880 bits per heavy atom. The number of hydrogen-bond donors (Lipinski definition) is 1. The standard InChI is InChI=1S/C21H18FNO2/c22-17-9-5-13(6-10-17)12-23-19-18(20(24)21(19)25)16-8-7-14-3-1-2-4-15(14)11-16/h5-11,23H,1-4,12H2. The highest BCUT2D eigenvalue weighted by molar-refractivity contribution is 5.82. The van der Waals surface area contributed by atoms with Crippen LogP contribution in [0.3, 0.4) is 0 Å². The van der Waals surface area contributed by atoms with Crippen LogP contribution in [0.15, 0.2) is 52.1 Å². The molecule has 3 nitrogen and oxygen atoms in total. The molecule has 0 aromatic heterocycles. The van der Waals surface area contributed by atoms with Crippen molar-refractivity contribution >= 4 is 5.69 Å². The molecule has 0 bridgehead atoms. The monoisotopic (exact) mass is 335 g/mol. The Bertz CT molecular complexity index is 998. The fraction of sp³-hybridized carbons (Fsp3) is 0.238. The topological polar surface area (TPSA) is 46.2 Å². The number of anilines is 1. The zero-order valence-corrected chi connectivity index (χ0v) is 13.8. The van der Waals surface area contributed by atoms with E-state index in [0.717, 1.165) is 30.4 Å². The van der Waals surface area contributed by atoms with Gasteiger partial charge in [-0.1, -0.05) is 30.3 Å². The first-order valence-corrected chi connectivity index (χ1v) is 8.57. The molecule has 4 rings (SSSR count). The Morgan fingerprint density at radius 2 is 1.60 bits per heavy atom. The SMILES string of the molecule is O=c1c(NCc2ccc(F)cc2)c(-c2ccc3c(c2)CCCC3)c1=O. The van der Waals surface area contributed by atoms with Gasteiger partial charge in [-0.3, -0.25) is 9.59 Å². The van der Waals surface area contributed by atoms with E-state index < -0.39 is 10.9 Å². The summed E-state index contributed by atoms with van der Waals surface area (Å²) in [5, 5.41) is 3.05. The van der Waals surface area contributed by atoms with Gasteiger partial charge in [0.25, 0.3) is 0 Å². The van der Waals surface area contributed by atoms with E-state index in [9.17, 15) is 14.0 Å². The van der Waals surface area contributed by atoms with Crippen molar-refractivity contribution in [2.45, 2.75) is 32.2 Å². The minimum atomic E-state index is -0.477. The highest BCUT2D eigenvalue weighted by atomic mass is 19.1. The van der Waals surface area contributed by atoms with Crippen molar-refractivity contribution in [3.63, 3.8) is 0 Å². The van der Waals surface area contributed by atoms with Crippen LogP contribution in [0.1, 0.15) is 29.5 Å². The van der Waals surface area contributed by atoms with Crippen LogP contribution in [0.5, 0.6) is 0 Å². The third-order valence-electron chi connectivity index (χ3n) is 4.93. The van der Waals surface area contributed by atoms with Crippen molar-refractivity contribution in [1.29, 1.82) is 0 Å². The number of hydrogen-bond acceptors (Lipinski definition) is 3. The van der Waals surface area contributed by atoms with Crippen molar-refractivity contribution < 1.29 is 4.39 Å². The van der Waals surface area contributed by atoms with Gasteiger partial charge in [-0.05, 0) is 60.1 Å². The van der Waals surface area contributed by atoms with E-state index in [1.807, 2.05) is 12.1 Å². The summed E-state index contributed by atoms with van der Waals surface area (Å²) in [6, 6.07) is 12.1. The summed E-state index contributed by atoms with van der Waals surface area (Å²) in [4.78, 5) is 24.1. The molecule has 0 radical (unpaired) electrons. The number of rotatable bonds is 4. The van der Waals surface area contributed by atoms with Crippen LogP contribution in [0.4, 0.5) is 10.1 Å². The smallest absolute Gasteiger partial charge is 0.250 e. The van der Waals surface area contributed by atoms with E-state index in [-0.39, 0.29) is 5.82 Å². The van der Waals surface area contributed by atoms with Gasteiger partial charge in [-0.15, -0.1) is 0 Å². The molecule has 25 heavy (non-hydrogen) atoms. The highest BCUT2D eigenvalue weighted by Crippen LogP contribution is 2.29. The first kappa shape index (κ1) is 15.8. The van der Waals surface area contributed by atoms with Gasteiger partial charge in [0.1, 0.15) is 5.82 Å². The normalized spacial score (nSPS) is 13.6. The molecule has 0 spiro atoms. The Hall–Kier alpha value is -2.75. The second-order valence-electron chi connectivity index (χ2n) is 6.58. The maximum absolute atomic E-state index is 13.0. The van der Waals surface area contributed by atoms with E-state index >= 15 is 0 Å². The first-order chi connectivity index (χ1) is 12.1. The molecular formula is C21H18FNO2. The van der Waals surface area contributed by atoms with Gasteiger partial charge in [0.2, 0.25) is 10.9 Å². The fourth-order valence-corrected chi connectivity index (χ4v) is 3.52. The molecule has 0 heterocycles. The van der Waals surface area contributed by atoms with Gasteiger partial charge in [-0.25, -0.2) is 4.39 Å². The van der Waals surface area contributed by atoms with Gasteiger partial charge >= 0.3 is 0 Å². The molecule has 1 N–H and O–H groups in total. The van der Waals surface area contributed by atoms with Gasteiger partial charge in [0, 0.05) is 6.54 Å². The van der Waals surface area contributed by atoms with Crippen LogP contribution in [0.2, 0.25) is 0 Å². The van der Waals surface area contributed by atoms with Crippen LogP contribution in [0.25, 0.3) is 11.1 Å². The molecule has 1 aliphatic rings. The maximum Gasteiger partial charge on any atom is 0.250 e. The Kier molecular flexibility index (Phi) is 3.96. The summed E-state index contributed by atoms with van der Waals surface area (Å²) in [5.74, 6) is -0.299. The summed E-state index contributed by atoms with van der Waals surface area (Å²) in [6.07, 6.45) is 4.48. The molecule has 0 atom stereocenters. The Balaban J connectivity index is 1.61. The first-order valence-electron chi connectivity index (χ1n) is 8.57. The molecule has 0 fully saturated rings. The van der Waals surface area contributed by atoms with Crippen LogP contribution >= 0.6 is 0 Å². The van der Waals surface area contributed by atoms with Crippen LogP contribution < -0.4 is 16.2 Å². The lowest BCUT2D eigenvalue weighted by Crippen LogP contribution is -2.36. The van der Waals surface area contributed by atoms with Crippen molar-refractivity contribution in [3.05, 3.63) is 85.4 Å². The predicted molar refractivity (Wildman–Crippen MR) is 97.2 cm³/mol. The van der Waals surface area contributed by atoms with E-state index in [1.165, 1.54) is 29.7 Å². The highest BCUT2D eigenvalue weighted by Gasteiger charge is 2.23. The predicted octanol–water partition coefficient (Wildman–Crippen LogP) is 3.58. The second-order valence-corrected chi connectivity index (χ2v) is 6.58. The number of nitrogens with one attached hydrogen (secondary N) is 1. The Morgan fingerprint density at radius 3 is 2.36 bits per heavy atom. The van der Waals surface area contributed by atoms with Crippen LogP contribution in [-0.4, -0.2) is 0 Å². The summed E-state index contributed by atoms with van der Waals surface area (Å²) in [6.45, 7) is 0.378. The zero-order chi connectivity index (χ0) is 17.4. The van der Waals surface area contributed by atoms with Gasteiger partial charge in [0.05, 0.1) is 11.3 Å². The van der Waals surface area contributed by atoms with Crippen LogP contribution in [-0.2, 0) is 19.4 Å². The minimum Gasteiger partial charge on any atom is -0.377 e. The summed E-state index contributed by atoms with van der Waals surface area (Å²) in [5.41, 5.74) is 4.21. The lowest BCUT2D eigenvalue weighted by atomic mass is 9.88. The van der Waals surface area contributed by atoms with Crippen molar-refractivity contribution in [1.82, 2.24) is 0 Å². The minimum absolute atomic E-state index is 0.299. The molecule has 0 unspecified atom stereocenters. The van der Waals surface area contributed by atoms with E-state index in [2.05, 4.69) is 11.4 Å². The molecule has 126 valence electrons. The van der Waals surface area contributed by atoms with E-state index in [1.54, 1.807) is 12.1 Å². The van der Waals surface area contributed by atoms with E-state index in [0.29, 0.717) is 17.8 Å². The molecule has 0 amide bonds. The average molecular weight is 335 g/mol. The van der Waals surface area contributed by atoms with Gasteiger partial charge in [-0.2, -0.15) is 0 Å². The van der Waals surface area contributed by atoms with Crippen LogP contribution in [0, 0.1) is 5.82 Å². The lowest BCUT2D eigenvalue weighted by Gasteiger charge is -2.18. The molecule has 3 aromatic carbocycles. The quantitative estimate of drug-likeness (QED) is 0.741. The molecule has 0 saturated heterocycles. The third kappa shape index (κ3) is 2.88. The summed E-state index contributed by atoms with van der Waals surface area (Å²) >= 11 is 0. The third-order valence-corrected chi connectivity index (χ3v) is 4.93. The second kappa shape index (κ2) is 6.28. The van der Waals surface area contributed by atoms with Gasteiger partial charge < -0.3 is 5.32 Å². The number of fused-ring (bicyclic) bond motifs is 1. The molecule has 0 aliphatic heterocycles. The summed E-state index contributed by atoms with van der Waals surface area (Å²) < 4.78 is 13.0. The fourth-order valence-electron chi connectivity index (χ4n) is 3.52. The maximum atomic E-state index is 13.0. The zero-order valence-electron chi connectivity index (χ0n) is 13.8. The van der Waals surface area contributed by atoms with Crippen molar-refractivity contribution in [2.24, 2.45) is 0 Å². The molecule has 3 aromatic rings. The lowest BCUT2D eigenvalue weighted by molar-refractivity contribution is 0.627. The molecule has 1 aliphatic carbocycles. The summed E-state index contributed by atoms with van der Waals surface area (Å²) in [7, 11) is 0. The molecule has 4 heteroatoms. The molecule has 0 saturated carbocycles. The number of aryl methyl sites for hydroxylation is 2. The van der Waals surface area contributed by atoms with Crippen molar-refractivity contribution in [2.75, 3.05) is 5.32 Å². The van der Waals surface area contributed by atoms with Gasteiger partial charge in [0.15, 0.2) is 0 Å². The van der Waals surface area contributed by atoms with E-state index in [4.69, 9.17) is 0 Å². The Labute approximate surface area is 144 Å².